The highest BCUT2D eigenvalue weighted by Crippen LogP contribution is 2.24. The van der Waals surface area contributed by atoms with Crippen LogP contribution in [0.2, 0.25) is 0 Å². The third-order valence-electron chi connectivity index (χ3n) is 6.22. The molecule has 0 aromatic heterocycles. The van der Waals surface area contributed by atoms with Crippen LogP contribution in [0.15, 0.2) is 54.6 Å². The molecule has 0 saturated carbocycles. The molecule has 5 nitrogen and oxygen atoms in total. The van der Waals surface area contributed by atoms with E-state index >= 15 is 0 Å². The molecule has 2 aliphatic rings. The average Bonchev–Trinajstić information content (AvgIpc) is 3.27. The Labute approximate surface area is 176 Å². The fourth-order valence-corrected chi connectivity index (χ4v) is 4.38. The number of anilines is 1. The molecule has 1 atom stereocenters. The second kappa shape index (κ2) is 9.28. The van der Waals surface area contributed by atoms with Crippen molar-refractivity contribution in [2.75, 3.05) is 37.6 Å². The predicted octanol–water partition coefficient (Wildman–Crippen LogP) is 3.32. The number of nitrogens with zero attached hydrogens (tertiary/aromatic N) is 2. The Bertz CT molecular complexity index is 864. The van der Waals surface area contributed by atoms with Crippen LogP contribution in [-0.2, 0) is 4.79 Å². The SMILES string of the molecule is O=C(NCC1CCN(c2ccccc2)C1)C1CCN(C(=O)c2ccc(F)cc2)CC1. The van der Waals surface area contributed by atoms with Gasteiger partial charge in [0.15, 0.2) is 0 Å². The molecule has 2 heterocycles. The van der Waals surface area contributed by atoms with Crippen molar-refractivity contribution in [2.24, 2.45) is 11.8 Å². The third kappa shape index (κ3) is 4.81. The van der Waals surface area contributed by atoms with E-state index < -0.39 is 0 Å². The van der Waals surface area contributed by atoms with Gasteiger partial charge in [-0.1, -0.05) is 18.2 Å². The first-order chi connectivity index (χ1) is 14.6. The quantitative estimate of drug-likeness (QED) is 0.824. The van der Waals surface area contributed by atoms with Gasteiger partial charge in [-0.3, -0.25) is 9.59 Å². The fraction of sp³-hybridized carbons (Fsp3) is 0.417. The van der Waals surface area contributed by atoms with Crippen molar-refractivity contribution in [2.45, 2.75) is 19.3 Å². The number of halogens is 1. The van der Waals surface area contributed by atoms with Gasteiger partial charge >= 0.3 is 0 Å². The second-order valence-electron chi connectivity index (χ2n) is 8.25. The summed E-state index contributed by atoms with van der Waals surface area (Å²) in [5, 5.41) is 3.14. The first-order valence-electron chi connectivity index (χ1n) is 10.7. The van der Waals surface area contributed by atoms with Crippen molar-refractivity contribution in [3.8, 4) is 0 Å². The second-order valence-corrected chi connectivity index (χ2v) is 8.25. The summed E-state index contributed by atoms with van der Waals surface area (Å²) in [4.78, 5) is 29.3. The molecule has 2 saturated heterocycles. The Morgan fingerprint density at radius 1 is 0.933 bits per heavy atom. The van der Waals surface area contributed by atoms with Crippen LogP contribution in [0, 0.1) is 17.7 Å². The number of likely N-dealkylation sites (tertiary alicyclic amines) is 1. The van der Waals surface area contributed by atoms with Gasteiger partial charge in [0.1, 0.15) is 5.82 Å². The first kappa shape index (κ1) is 20.4. The predicted molar refractivity (Wildman–Crippen MR) is 115 cm³/mol. The Morgan fingerprint density at radius 2 is 1.63 bits per heavy atom. The van der Waals surface area contributed by atoms with E-state index in [-0.39, 0.29) is 23.5 Å². The van der Waals surface area contributed by atoms with Gasteiger partial charge in [-0.25, -0.2) is 4.39 Å². The minimum absolute atomic E-state index is 0.0473. The number of rotatable bonds is 5. The van der Waals surface area contributed by atoms with Gasteiger partial charge in [0.2, 0.25) is 5.91 Å². The molecule has 0 bridgehead atoms. The van der Waals surface area contributed by atoms with Gasteiger partial charge in [0.25, 0.3) is 5.91 Å². The van der Waals surface area contributed by atoms with E-state index in [1.807, 2.05) is 6.07 Å². The summed E-state index contributed by atoms with van der Waals surface area (Å²) in [6.07, 6.45) is 2.42. The van der Waals surface area contributed by atoms with Gasteiger partial charge in [-0.2, -0.15) is 0 Å². The summed E-state index contributed by atoms with van der Waals surface area (Å²) < 4.78 is 13.1. The molecule has 0 spiro atoms. The highest BCUT2D eigenvalue weighted by atomic mass is 19.1. The van der Waals surface area contributed by atoms with Crippen LogP contribution in [0.5, 0.6) is 0 Å². The van der Waals surface area contributed by atoms with Crippen LogP contribution in [0.4, 0.5) is 10.1 Å². The van der Waals surface area contributed by atoms with E-state index in [1.165, 1.54) is 30.0 Å². The highest BCUT2D eigenvalue weighted by Gasteiger charge is 2.29. The zero-order chi connectivity index (χ0) is 20.9. The van der Waals surface area contributed by atoms with Crippen LogP contribution in [-0.4, -0.2) is 49.4 Å². The standard InChI is InChI=1S/C24H28FN3O2/c25-21-8-6-20(7-9-21)24(30)27-14-11-19(12-15-27)23(29)26-16-18-10-13-28(17-18)22-4-2-1-3-5-22/h1-9,18-19H,10-17H2,(H,26,29). The molecule has 2 amide bonds. The van der Waals surface area contributed by atoms with Crippen LogP contribution >= 0.6 is 0 Å². The van der Waals surface area contributed by atoms with Crippen LogP contribution < -0.4 is 10.2 Å². The first-order valence-corrected chi connectivity index (χ1v) is 10.7. The minimum Gasteiger partial charge on any atom is -0.371 e. The number of amides is 2. The Balaban J connectivity index is 1.20. The molecular formula is C24H28FN3O2. The van der Waals surface area contributed by atoms with Gasteiger partial charge in [0, 0.05) is 49.9 Å². The van der Waals surface area contributed by atoms with E-state index in [0.717, 1.165) is 19.5 Å². The molecule has 2 aliphatic heterocycles. The van der Waals surface area contributed by atoms with Crippen molar-refractivity contribution >= 4 is 17.5 Å². The van der Waals surface area contributed by atoms with Gasteiger partial charge in [-0.15, -0.1) is 0 Å². The molecule has 6 heteroatoms. The van der Waals surface area contributed by atoms with Crippen molar-refractivity contribution in [1.82, 2.24) is 10.2 Å². The van der Waals surface area contributed by atoms with Gasteiger partial charge in [-0.05, 0) is 61.6 Å². The van der Waals surface area contributed by atoms with Crippen molar-refractivity contribution in [3.05, 3.63) is 66.0 Å². The lowest BCUT2D eigenvalue weighted by atomic mass is 9.95. The Kier molecular flexibility index (Phi) is 6.31. The number of piperidine rings is 1. The van der Waals surface area contributed by atoms with Gasteiger partial charge < -0.3 is 15.1 Å². The van der Waals surface area contributed by atoms with Crippen LogP contribution in [0.1, 0.15) is 29.6 Å². The highest BCUT2D eigenvalue weighted by molar-refractivity contribution is 5.94. The largest absolute Gasteiger partial charge is 0.371 e. The Hall–Kier alpha value is -2.89. The maximum atomic E-state index is 13.1. The van der Waals surface area contributed by atoms with Crippen molar-refractivity contribution in [3.63, 3.8) is 0 Å². The lowest BCUT2D eigenvalue weighted by molar-refractivity contribution is -0.126. The van der Waals surface area contributed by atoms with Crippen molar-refractivity contribution in [1.29, 1.82) is 0 Å². The molecular weight excluding hydrogens is 381 g/mol. The fourth-order valence-electron chi connectivity index (χ4n) is 4.38. The summed E-state index contributed by atoms with van der Waals surface area (Å²) in [6.45, 7) is 3.80. The molecule has 2 fully saturated rings. The lowest BCUT2D eigenvalue weighted by Gasteiger charge is -2.31. The van der Waals surface area contributed by atoms with Gasteiger partial charge in [0.05, 0.1) is 0 Å². The topological polar surface area (TPSA) is 52.7 Å². The van der Waals surface area contributed by atoms with Crippen molar-refractivity contribution < 1.29 is 14.0 Å². The average molecular weight is 410 g/mol. The molecule has 30 heavy (non-hydrogen) atoms. The zero-order valence-corrected chi connectivity index (χ0v) is 17.1. The molecule has 4 rings (SSSR count). The maximum absolute atomic E-state index is 13.1. The minimum atomic E-state index is -0.351. The van der Waals surface area contributed by atoms with E-state index in [1.54, 1.807) is 4.90 Å². The summed E-state index contributed by atoms with van der Waals surface area (Å²) in [6, 6.07) is 16.0. The third-order valence-corrected chi connectivity index (χ3v) is 6.22. The number of hydrogen-bond donors (Lipinski definition) is 1. The van der Waals surface area contributed by atoms with E-state index in [0.29, 0.717) is 44.0 Å². The summed E-state index contributed by atoms with van der Waals surface area (Å²) in [7, 11) is 0. The zero-order valence-electron chi connectivity index (χ0n) is 17.1. The van der Waals surface area contributed by atoms with E-state index in [9.17, 15) is 14.0 Å². The normalized spacial score (nSPS) is 19.7. The van der Waals surface area contributed by atoms with E-state index in [4.69, 9.17) is 0 Å². The van der Waals surface area contributed by atoms with Crippen LogP contribution in [0.25, 0.3) is 0 Å². The summed E-state index contributed by atoms with van der Waals surface area (Å²) >= 11 is 0. The monoisotopic (exact) mass is 409 g/mol. The molecule has 158 valence electrons. The maximum Gasteiger partial charge on any atom is 0.253 e. The number of hydrogen-bond acceptors (Lipinski definition) is 3. The number of nitrogens with one attached hydrogen (secondary N) is 1. The molecule has 0 radical (unpaired) electrons. The lowest BCUT2D eigenvalue weighted by Crippen LogP contribution is -2.44. The Morgan fingerprint density at radius 3 is 2.33 bits per heavy atom. The molecule has 2 aromatic carbocycles. The van der Waals surface area contributed by atoms with Crippen LogP contribution in [0.3, 0.4) is 0 Å². The number of carbonyl (C=O) groups excluding carboxylic acids is 2. The molecule has 0 aliphatic carbocycles. The smallest absolute Gasteiger partial charge is 0.253 e. The summed E-state index contributed by atoms with van der Waals surface area (Å²) in [5.41, 5.74) is 1.73. The summed E-state index contributed by atoms with van der Waals surface area (Å²) in [5.74, 6) is 0.0714. The molecule has 2 aromatic rings. The number of carbonyl (C=O) groups is 2. The molecule has 1 N–H and O–H groups in total. The van der Waals surface area contributed by atoms with E-state index in [2.05, 4.69) is 34.5 Å². The molecule has 1 unspecified atom stereocenters. The number of benzene rings is 2. The number of para-hydroxylation sites is 1.